The van der Waals surface area contributed by atoms with Crippen LogP contribution in [0.15, 0.2) is 18.2 Å². The van der Waals surface area contributed by atoms with Gasteiger partial charge in [-0.25, -0.2) is 8.78 Å². The molecule has 1 aromatic rings. The van der Waals surface area contributed by atoms with Gasteiger partial charge in [0.2, 0.25) is 5.91 Å². The van der Waals surface area contributed by atoms with Crippen molar-refractivity contribution in [2.45, 2.75) is 31.5 Å². The third-order valence-electron chi connectivity index (χ3n) is 3.80. The van der Waals surface area contributed by atoms with Gasteiger partial charge in [0, 0.05) is 30.6 Å². The van der Waals surface area contributed by atoms with Gasteiger partial charge in [0.1, 0.15) is 0 Å². The number of benzene rings is 1. The van der Waals surface area contributed by atoms with Gasteiger partial charge in [-0.3, -0.25) is 4.79 Å². The Labute approximate surface area is 104 Å². The van der Waals surface area contributed by atoms with Crippen LogP contribution in [0.1, 0.15) is 18.4 Å². The SMILES string of the molecule is O=C1C[C@@H]2NCC[C@@H]2N1Cc1cccc(F)c1F. The summed E-state index contributed by atoms with van der Waals surface area (Å²) in [6, 6.07) is 4.39. The van der Waals surface area contributed by atoms with Crippen molar-refractivity contribution in [3.63, 3.8) is 0 Å². The zero-order valence-corrected chi connectivity index (χ0v) is 9.83. The fourth-order valence-electron chi connectivity index (χ4n) is 2.88. The van der Waals surface area contributed by atoms with Crippen LogP contribution in [0, 0.1) is 11.6 Å². The van der Waals surface area contributed by atoms with Crippen LogP contribution in [0.25, 0.3) is 0 Å². The van der Waals surface area contributed by atoms with Gasteiger partial charge in [0.15, 0.2) is 11.6 Å². The Kier molecular flexibility index (Phi) is 2.78. The number of carbonyl (C=O) groups is 1. The average molecular weight is 252 g/mol. The standard InChI is InChI=1S/C13H14F2N2O/c14-9-3-1-2-8(13(9)15)7-17-11-4-5-16-10(11)6-12(17)18/h1-3,10-11,16H,4-7H2/t10-,11-/m0/s1. The van der Waals surface area contributed by atoms with Gasteiger partial charge >= 0.3 is 0 Å². The van der Waals surface area contributed by atoms with E-state index in [9.17, 15) is 13.6 Å². The average Bonchev–Trinajstić information content (AvgIpc) is 2.88. The number of halogens is 2. The Balaban J connectivity index is 1.83. The summed E-state index contributed by atoms with van der Waals surface area (Å²) in [7, 11) is 0. The lowest BCUT2D eigenvalue weighted by Gasteiger charge is -2.23. The molecule has 18 heavy (non-hydrogen) atoms. The zero-order valence-electron chi connectivity index (χ0n) is 9.83. The van der Waals surface area contributed by atoms with Gasteiger partial charge in [-0.2, -0.15) is 0 Å². The van der Waals surface area contributed by atoms with Crippen LogP contribution >= 0.6 is 0 Å². The number of carbonyl (C=O) groups excluding carboxylic acids is 1. The molecule has 2 fully saturated rings. The highest BCUT2D eigenvalue weighted by molar-refractivity contribution is 5.80. The largest absolute Gasteiger partial charge is 0.334 e. The van der Waals surface area contributed by atoms with Crippen LogP contribution in [0.5, 0.6) is 0 Å². The van der Waals surface area contributed by atoms with Crippen molar-refractivity contribution >= 4 is 5.91 Å². The first-order valence-electron chi connectivity index (χ1n) is 6.12. The first-order valence-corrected chi connectivity index (χ1v) is 6.12. The third kappa shape index (κ3) is 1.79. The number of hydrogen-bond donors (Lipinski definition) is 1. The number of rotatable bonds is 2. The molecule has 0 spiro atoms. The molecule has 2 saturated heterocycles. The van der Waals surface area contributed by atoms with E-state index >= 15 is 0 Å². The summed E-state index contributed by atoms with van der Waals surface area (Å²) in [6.45, 7) is 1.04. The van der Waals surface area contributed by atoms with E-state index in [0.29, 0.717) is 6.42 Å². The van der Waals surface area contributed by atoms with E-state index in [1.807, 2.05) is 0 Å². The second-order valence-corrected chi connectivity index (χ2v) is 4.86. The van der Waals surface area contributed by atoms with Crippen LogP contribution in [-0.4, -0.2) is 29.4 Å². The molecular formula is C13H14F2N2O. The highest BCUT2D eigenvalue weighted by Gasteiger charge is 2.42. The molecule has 0 aromatic heterocycles. The Morgan fingerprint density at radius 2 is 2.22 bits per heavy atom. The predicted molar refractivity (Wildman–Crippen MR) is 61.7 cm³/mol. The Morgan fingerprint density at radius 3 is 3.06 bits per heavy atom. The van der Waals surface area contributed by atoms with E-state index in [1.165, 1.54) is 12.1 Å². The number of likely N-dealkylation sites (tertiary alicyclic amines) is 1. The molecule has 0 unspecified atom stereocenters. The third-order valence-corrected chi connectivity index (χ3v) is 3.80. The molecule has 5 heteroatoms. The molecule has 3 nitrogen and oxygen atoms in total. The van der Waals surface area contributed by atoms with Gasteiger partial charge in [-0.1, -0.05) is 12.1 Å². The molecule has 2 atom stereocenters. The van der Waals surface area contributed by atoms with E-state index in [2.05, 4.69) is 5.32 Å². The van der Waals surface area contributed by atoms with Crippen LogP contribution in [0.4, 0.5) is 8.78 Å². The maximum Gasteiger partial charge on any atom is 0.224 e. The summed E-state index contributed by atoms with van der Waals surface area (Å²) < 4.78 is 26.7. The van der Waals surface area contributed by atoms with Gasteiger partial charge in [0.25, 0.3) is 0 Å². The molecule has 0 bridgehead atoms. The molecule has 96 valence electrons. The second-order valence-electron chi connectivity index (χ2n) is 4.86. The first kappa shape index (κ1) is 11.6. The monoisotopic (exact) mass is 252 g/mol. The van der Waals surface area contributed by atoms with Crippen molar-refractivity contribution in [1.29, 1.82) is 0 Å². The van der Waals surface area contributed by atoms with Crippen molar-refractivity contribution in [2.75, 3.05) is 6.54 Å². The molecule has 2 aliphatic heterocycles. The van der Waals surface area contributed by atoms with Gasteiger partial charge < -0.3 is 10.2 Å². The summed E-state index contributed by atoms with van der Waals surface area (Å²) in [5.74, 6) is -1.69. The Bertz CT molecular complexity index is 492. The molecule has 0 aliphatic carbocycles. The summed E-state index contributed by atoms with van der Waals surface area (Å²) >= 11 is 0. The predicted octanol–water partition coefficient (Wildman–Crippen LogP) is 1.43. The van der Waals surface area contributed by atoms with Gasteiger partial charge in [-0.05, 0) is 19.0 Å². The summed E-state index contributed by atoms with van der Waals surface area (Å²) in [5.41, 5.74) is 0.246. The van der Waals surface area contributed by atoms with Crippen molar-refractivity contribution in [2.24, 2.45) is 0 Å². The van der Waals surface area contributed by atoms with Crippen LogP contribution in [-0.2, 0) is 11.3 Å². The molecular weight excluding hydrogens is 238 g/mol. The maximum absolute atomic E-state index is 13.6. The molecule has 1 aromatic carbocycles. The smallest absolute Gasteiger partial charge is 0.224 e. The van der Waals surface area contributed by atoms with Crippen LogP contribution in [0.2, 0.25) is 0 Å². The van der Waals surface area contributed by atoms with E-state index in [4.69, 9.17) is 0 Å². The molecule has 1 N–H and O–H groups in total. The minimum absolute atomic E-state index is 0.0147. The van der Waals surface area contributed by atoms with E-state index in [1.54, 1.807) is 4.90 Å². The van der Waals surface area contributed by atoms with Crippen molar-refractivity contribution < 1.29 is 13.6 Å². The van der Waals surface area contributed by atoms with Crippen LogP contribution < -0.4 is 5.32 Å². The van der Waals surface area contributed by atoms with Crippen molar-refractivity contribution in [1.82, 2.24) is 10.2 Å². The van der Waals surface area contributed by atoms with Crippen LogP contribution in [0.3, 0.4) is 0 Å². The fraction of sp³-hybridized carbons (Fsp3) is 0.462. The van der Waals surface area contributed by atoms with E-state index in [0.717, 1.165) is 19.0 Å². The molecule has 2 heterocycles. The number of amides is 1. The number of nitrogens with one attached hydrogen (secondary N) is 1. The lowest BCUT2D eigenvalue weighted by atomic mass is 10.1. The first-order chi connectivity index (χ1) is 8.66. The fourth-order valence-corrected chi connectivity index (χ4v) is 2.88. The van der Waals surface area contributed by atoms with Gasteiger partial charge in [-0.15, -0.1) is 0 Å². The highest BCUT2D eigenvalue weighted by Crippen LogP contribution is 2.28. The van der Waals surface area contributed by atoms with Crippen molar-refractivity contribution in [3.8, 4) is 0 Å². The lowest BCUT2D eigenvalue weighted by molar-refractivity contribution is -0.129. The maximum atomic E-state index is 13.6. The summed E-state index contributed by atoms with van der Waals surface area (Å²) in [5, 5.41) is 3.26. The number of fused-ring (bicyclic) bond motifs is 1. The molecule has 3 rings (SSSR count). The molecule has 2 aliphatic rings. The quantitative estimate of drug-likeness (QED) is 0.863. The van der Waals surface area contributed by atoms with Gasteiger partial charge in [0.05, 0.1) is 0 Å². The molecule has 1 amide bonds. The minimum Gasteiger partial charge on any atom is -0.334 e. The van der Waals surface area contributed by atoms with E-state index in [-0.39, 0.29) is 30.1 Å². The topological polar surface area (TPSA) is 32.3 Å². The number of nitrogens with zero attached hydrogens (tertiary/aromatic N) is 1. The number of hydrogen-bond acceptors (Lipinski definition) is 2. The Morgan fingerprint density at radius 1 is 1.39 bits per heavy atom. The second kappa shape index (κ2) is 4.31. The minimum atomic E-state index is -0.861. The van der Waals surface area contributed by atoms with Crippen molar-refractivity contribution in [3.05, 3.63) is 35.4 Å². The zero-order chi connectivity index (χ0) is 12.7. The molecule has 0 saturated carbocycles. The summed E-state index contributed by atoms with van der Waals surface area (Å²) in [4.78, 5) is 13.5. The highest BCUT2D eigenvalue weighted by atomic mass is 19.2. The lowest BCUT2D eigenvalue weighted by Crippen LogP contribution is -2.35. The normalized spacial score (nSPS) is 26.8. The molecule has 0 radical (unpaired) electrons. The Hall–Kier alpha value is -1.49. The van der Waals surface area contributed by atoms with E-state index < -0.39 is 11.6 Å². The summed E-state index contributed by atoms with van der Waals surface area (Å²) in [6.07, 6.45) is 1.34.